The fraction of sp³-hybridized carbons (Fsp3) is 0.632. The van der Waals surface area contributed by atoms with Crippen molar-refractivity contribution < 1.29 is 9.53 Å². The molecular formula is C19H30N2O2. The largest absolute Gasteiger partial charge is 0.444 e. The van der Waals surface area contributed by atoms with E-state index in [1.807, 2.05) is 26.8 Å². The molecule has 1 fully saturated rings. The van der Waals surface area contributed by atoms with Crippen LogP contribution in [0.4, 0.5) is 4.79 Å². The monoisotopic (exact) mass is 318 g/mol. The van der Waals surface area contributed by atoms with E-state index in [0.717, 1.165) is 13.0 Å². The summed E-state index contributed by atoms with van der Waals surface area (Å²) in [7, 11) is 0. The van der Waals surface area contributed by atoms with Crippen molar-refractivity contribution >= 4 is 6.09 Å². The first-order chi connectivity index (χ1) is 10.9. The second kappa shape index (κ2) is 7.82. The molecule has 4 heteroatoms. The lowest BCUT2D eigenvalue weighted by atomic mass is 9.97. The van der Waals surface area contributed by atoms with Crippen molar-refractivity contribution in [3.8, 4) is 0 Å². The van der Waals surface area contributed by atoms with Crippen molar-refractivity contribution in [3.63, 3.8) is 0 Å². The zero-order valence-electron chi connectivity index (χ0n) is 14.8. The summed E-state index contributed by atoms with van der Waals surface area (Å²) in [4.78, 5) is 14.4. The minimum Gasteiger partial charge on any atom is -0.444 e. The van der Waals surface area contributed by atoms with Crippen molar-refractivity contribution in [2.24, 2.45) is 0 Å². The quantitative estimate of drug-likeness (QED) is 0.907. The van der Waals surface area contributed by atoms with Crippen LogP contribution < -0.4 is 5.32 Å². The number of carbonyl (C=O) groups is 1. The van der Waals surface area contributed by atoms with Crippen LogP contribution in [0, 0.1) is 0 Å². The number of alkyl carbamates (subject to hydrolysis) is 1. The zero-order chi connectivity index (χ0) is 16.9. The van der Waals surface area contributed by atoms with Crippen molar-refractivity contribution in [2.75, 3.05) is 13.1 Å². The Labute approximate surface area is 140 Å². The summed E-state index contributed by atoms with van der Waals surface area (Å²) in [5.74, 6) is 0. The molecule has 23 heavy (non-hydrogen) atoms. The molecular weight excluding hydrogens is 288 g/mol. The summed E-state index contributed by atoms with van der Waals surface area (Å²) in [5.41, 5.74) is 0.880. The van der Waals surface area contributed by atoms with Crippen molar-refractivity contribution in [1.29, 1.82) is 0 Å². The Balaban J connectivity index is 1.94. The summed E-state index contributed by atoms with van der Waals surface area (Å²) in [6.45, 7) is 9.63. The minimum absolute atomic E-state index is 0.324. The number of hydrogen-bond donors (Lipinski definition) is 1. The lowest BCUT2D eigenvalue weighted by molar-refractivity contribution is 0.0472. The fourth-order valence-electron chi connectivity index (χ4n) is 3.19. The Kier molecular flexibility index (Phi) is 6.05. The Morgan fingerprint density at radius 3 is 2.65 bits per heavy atom. The second-order valence-corrected chi connectivity index (χ2v) is 7.36. The van der Waals surface area contributed by atoms with Gasteiger partial charge in [0.2, 0.25) is 0 Å². The average Bonchev–Trinajstić information content (AvgIpc) is 2.52. The number of piperidine rings is 1. The summed E-state index contributed by atoms with van der Waals surface area (Å²) < 4.78 is 5.34. The van der Waals surface area contributed by atoms with Crippen LogP contribution in [0.5, 0.6) is 0 Å². The Morgan fingerprint density at radius 1 is 1.30 bits per heavy atom. The second-order valence-electron chi connectivity index (χ2n) is 7.36. The molecule has 1 aromatic rings. The standard InChI is InChI=1S/C19H30N2O2/c1-15(16-10-6-5-7-11-16)21-13-9-8-12-17(21)14-20-18(22)23-19(2,3)4/h5-7,10-11,15,17H,8-9,12-14H2,1-4H3,(H,20,22). The molecule has 1 N–H and O–H groups in total. The maximum absolute atomic E-state index is 11.9. The number of likely N-dealkylation sites (tertiary alicyclic amines) is 1. The molecule has 0 saturated carbocycles. The van der Waals surface area contributed by atoms with E-state index in [9.17, 15) is 4.79 Å². The van der Waals surface area contributed by atoms with E-state index >= 15 is 0 Å². The highest BCUT2D eigenvalue weighted by molar-refractivity contribution is 5.67. The van der Waals surface area contributed by atoms with Gasteiger partial charge in [-0.3, -0.25) is 4.90 Å². The van der Waals surface area contributed by atoms with Crippen LogP contribution in [0.3, 0.4) is 0 Å². The van der Waals surface area contributed by atoms with E-state index in [4.69, 9.17) is 4.74 Å². The molecule has 1 aromatic carbocycles. The summed E-state index contributed by atoms with van der Waals surface area (Å²) in [6.07, 6.45) is 3.24. The third kappa shape index (κ3) is 5.54. The van der Waals surface area contributed by atoms with Crippen molar-refractivity contribution in [2.45, 2.75) is 64.6 Å². The molecule has 0 aromatic heterocycles. The topological polar surface area (TPSA) is 41.6 Å². The molecule has 2 unspecified atom stereocenters. The first kappa shape index (κ1) is 17.8. The van der Waals surface area contributed by atoms with Crippen LogP contribution in [0.25, 0.3) is 0 Å². The SMILES string of the molecule is CC(c1ccccc1)N1CCCCC1CNC(=O)OC(C)(C)C. The summed E-state index contributed by atoms with van der Waals surface area (Å²) >= 11 is 0. The highest BCUT2D eigenvalue weighted by atomic mass is 16.6. The van der Waals surface area contributed by atoms with Gasteiger partial charge < -0.3 is 10.1 Å². The number of ether oxygens (including phenoxy) is 1. The zero-order valence-corrected chi connectivity index (χ0v) is 14.8. The van der Waals surface area contributed by atoms with Crippen molar-refractivity contribution in [1.82, 2.24) is 10.2 Å². The van der Waals surface area contributed by atoms with E-state index in [0.29, 0.717) is 18.6 Å². The molecule has 4 nitrogen and oxygen atoms in total. The summed E-state index contributed by atoms with van der Waals surface area (Å²) in [6, 6.07) is 11.3. The Morgan fingerprint density at radius 2 is 2.00 bits per heavy atom. The van der Waals surface area contributed by atoms with Gasteiger partial charge in [0.25, 0.3) is 0 Å². The molecule has 2 atom stereocenters. The highest BCUT2D eigenvalue weighted by Crippen LogP contribution is 2.28. The molecule has 0 spiro atoms. The molecule has 1 amide bonds. The van der Waals surface area contributed by atoms with Gasteiger partial charge in [-0.25, -0.2) is 4.79 Å². The lowest BCUT2D eigenvalue weighted by Crippen LogP contribution is -2.48. The van der Waals surface area contributed by atoms with Gasteiger partial charge in [-0.1, -0.05) is 36.8 Å². The number of carbonyl (C=O) groups excluding carboxylic acids is 1. The third-order valence-electron chi connectivity index (χ3n) is 4.33. The van der Waals surface area contributed by atoms with Gasteiger partial charge in [0.1, 0.15) is 5.60 Å². The number of benzene rings is 1. The van der Waals surface area contributed by atoms with Gasteiger partial charge in [-0.15, -0.1) is 0 Å². The fourth-order valence-corrected chi connectivity index (χ4v) is 3.19. The van der Waals surface area contributed by atoms with Crippen LogP contribution in [-0.2, 0) is 4.74 Å². The van der Waals surface area contributed by atoms with Crippen LogP contribution in [0.2, 0.25) is 0 Å². The Hall–Kier alpha value is -1.55. The number of nitrogens with one attached hydrogen (secondary N) is 1. The number of amides is 1. The molecule has 1 heterocycles. The van der Waals surface area contributed by atoms with Crippen LogP contribution in [-0.4, -0.2) is 35.7 Å². The molecule has 1 aliphatic heterocycles. The predicted molar refractivity (Wildman–Crippen MR) is 93.4 cm³/mol. The van der Waals surface area contributed by atoms with Gasteiger partial charge >= 0.3 is 6.09 Å². The van der Waals surface area contributed by atoms with Gasteiger partial charge in [0.05, 0.1) is 0 Å². The van der Waals surface area contributed by atoms with Gasteiger partial charge in [-0.05, 0) is 52.6 Å². The highest BCUT2D eigenvalue weighted by Gasteiger charge is 2.28. The molecule has 2 rings (SSSR count). The smallest absolute Gasteiger partial charge is 0.407 e. The molecule has 1 aliphatic rings. The number of rotatable bonds is 4. The molecule has 0 radical (unpaired) electrons. The maximum Gasteiger partial charge on any atom is 0.407 e. The Bertz CT molecular complexity index is 496. The van der Waals surface area contributed by atoms with E-state index in [1.165, 1.54) is 18.4 Å². The molecule has 0 bridgehead atoms. The van der Waals surface area contributed by atoms with E-state index < -0.39 is 5.60 Å². The van der Waals surface area contributed by atoms with Gasteiger partial charge in [0, 0.05) is 18.6 Å². The van der Waals surface area contributed by atoms with Crippen molar-refractivity contribution in [3.05, 3.63) is 35.9 Å². The first-order valence-corrected chi connectivity index (χ1v) is 8.64. The van der Waals surface area contributed by atoms with E-state index in [2.05, 4.69) is 41.4 Å². The van der Waals surface area contributed by atoms with Crippen LogP contribution in [0.1, 0.15) is 58.6 Å². The lowest BCUT2D eigenvalue weighted by Gasteiger charge is -2.40. The molecule has 1 saturated heterocycles. The third-order valence-corrected chi connectivity index (χ3v) is 4.33. The normalized spacial score (nSPS) is 20.8. The van der Waals surface area contributed by atoms with Crippen LogP contribution >= 0.6 is 0 Å². The number of hydrogen-bond acceptors (Lipinski definition) is 3. The first-order valence-electron chi connectivity index (χ1n) is 8.64. The summed E-state index contributed by atoms with van der Waals surface area (Å²) in [5, 5.41) is 2.94. The van der Waals surface area contributed by atoms with E-state index in [-0.39, 0.29) is 6.09 Å². The number of nitrogens with zero attached hydrogens (tertiary/aromatic N) is 1. The molecule has 0 aliphatic carbocycles. The maximum atomic E-state index is 11.9. The van der Waals surface area contributed by atoms with Gasteiger partial charge in [-0.2, -0.15) is 0 Å². The van der Waals surface area contributed by atoms with E-state index in [1.54, 1.807) is 0 Å². The average molecular weight is 318 g/mol. The molecule has 128 valence electrons. The minimum atomic E-state index is -0.451. The predicted octanol–water partition coefficient (Wildman–Crippen LogP) is 4.13. The van der Waals surface area contributed by atoms with Gasteiger partial charge in [0.15, 0.2) is 0 Å². The van der Waals surface area contributed by atoms with Crippen LogP contribution in [0.15, 0.2) is 30.3 Å².